The smallest absolute Gasteiger partial charge is 0.308 e. The van der Waals surface area contributed by atoms with E-state index in [0.717, 1.165) is 12.0 Å². The molecule has 1 atom stereocenters. The Morgan fingerprint density at radius 1 is 1.30 bits per heavy atom. The summed E-state index contributed by atoms with van der Waals surface area (Å²) in [6.45, 7) is 1.22. The number of rotatable bonds is 4. The maximum Gasteiger partial charge on any atom is 0.308 e. The van der Waals surface area contributed by atoms with Crippen molar-refractivity contribution in [2.75, 3.05) is 18.0 Å². The number of aliphatic carboxylic acids is 1. The minimum atomic E-state index is -0.830. The zero-order chi connectivity index (χ0) is 19.0. The number of hydrogen-bond acceptors (Lipinski definition) is 5. The van der Waals surface area contributed by atoms with Gasteiger partial charge < -0.3 is 10.0 Å². The highest BCUT2D eigenvalue weighted by atomic mass is 32.1. The van der Waals surface area contributed by atoms with Gasteiger partial charge in [-0.2, -0.15) is 0 Å². The molecule has 0 saturated carbocycles. The lowest BCUT2D eigenvalue weighted by Crippen LogP contribution is -2.42. The second-order valence-electron chi connectivity index (χ2n) is 6.69. The Balaban J connectivity index is 1.79. The summed E-state index contributed by atoms with van der Waals surface area (Å²) in [6, 6.07) is 7.80. The fourth-order valence-corrected chi connectivity index (χ4v) is 4.23. The highest BCUT2D eigenvalue weighted by Gasteiger charge is 2.28. The monoisotopic (exact) mass is 387 g/mol. The van der Waals surface area contributed by atoms with Crippen molar-refractivity contribution in [2.24, 2.45) is 5.92 Å². The van der Waals surface area contributed by atoms with Gasteiger partial charge in [0.15, 0.2) is 0 Å². The predicted molar refractivity (Wildman–Crippen MR) is 102 cm³/mol. The SMILES string of the molecule is O=C(O)C1CCCN(c2nc3ccsc3c(=O)n2Cc2ccc(F)cc2)C1. The topological polar surface area (TPSA) is 75.4 Å². The van der Waals surface area contributed by atoms with Crippen molar-refractivity contribution in [3.8, 4) is 0 Å². The zero-order valence-electron chi connectivity index (χ0n) is 14.5. The number of aromatic nitrogens is 2. The number of fused-ring (bicyclic) bond motifs is 1. The first-order chi connectivity index (χ1) is 13.0. The average molecular weight is 387 g/mol. The Labute approximate surface area is 158 Å². The molecule has 1 aliphatic rings. The normalized spacial score (nSPS) is 17.4. The van der Waals surface area contributed by atoms with Gasteiger partial charge in [-0.3, -0.25) is 14.2 Å². The maximum absolute atomic E-state index is 13.2. The van der Waals surface area contributed by atoms with E-state index in [1.165, 1.54) is 23.5 Å². The summed E-state index contributed by atoms with van der Waals surface area (Å²) in [7, 11) is 0. The Bertz CT molecular complexity index is 1040. The minimum absolute atomic E-state index is 0.160. The van der Waals surface area contributed by atoms with Gasteiger partial charge in [-0.25, -0.2) is 9.37 Å². The Morgan fingerprint density at radius 2 is 2.07 bits per heavy atom. The maximum atomic E-state index is 13.2. The molecule has 3 heterocycles. The van der Waals surface area contributed by atoms with Crippen LogP contribution in [-0.4, -0.2) is 33.7 Å². The van der Waals surface area contributed by atoms with Gasteiger partial charge in [-0.05, 0) is 42.0 Å². The van der Waals surface area contributed by atoms with Crippen molar-refractivity contribution >= 4 is 33.5 Å². The molecule has 0 radical (unpaired) electrons. The summed E-state index contributed by atoms with van der Waals surface area (Å²) in [5.74, 6) is -1.17. The van der Waals surface area contributed by atoms with Crippen LogP contribution in [0.3, 0.4) is 0 Å². The lowest BCUT2D eigenvalue weighted by Gasteiger charge is -2.32. The standard InChI is InChI=1S/C19H18FN3O3S/c20-14-5-3-12(4-6-14)10-23-17(24)16-15(7-9-27-16)21-19(23)22-8-1-2-13(11-22)18(25)26/h3-7,9,13H,1-2,8,10-11H2,(H,25,26). The van der Waals surface area contributed by atoms with Gasteiger partial charge in [0.2, 0.25) is 5.95 Å². The van der Waals surface area contributed by atoms with Crippen LogP contribution in [0.15, 0.2) is 40.5 Å². The number of thiophene rings is 1. The van der Waals surface area contributed by atoms with Gasteiger partial charge in [0.25, 0.3) is 5.56 Å². The molecular weight excluding hydrogens is 369 g/mol. The van der Waals surface area contributed by atoms with E-state index in [9.17, 15) is 19.1 Å². The number of carbonyl (C=O) groups is 1. The Hall–Kier alpha value is -2.74. The van der Waals surface area contributed by atoms with E-state index in [0.29, 0.717) is 35.7 Å². The van der Waals surface area contributed by atoms with Crippen molar-refractivity contribution in [3.63, 3.8) is 0 Å². The molecule has 1 aromatic carbocycles. The molecule has 1 unspecified atom stereocenters. The van der Waals surface area contributed by atoms with Crippen LogP contribution < -0.4 is 10.5 Å². The van der Waals surface area contributed by atoms with Crippen molar-refractivity contribution < 1.29 is 14.3 Å². The van der Waals surface area contributed by atoms with Crippen LogP contribution in [0, 0.1) is 11.7 Å². The molecule has 0 amide bonds. The van der Waals surface area contributed by atoms with Gasteiger partial charge in [0.05, 0.1) is 18.0 Å². The summed E-state index contributed by atoms with van der Waals surface area (Å²) < 4.78 is 15.3. The van der Waals surface area contributed by atoms with Crippen LogP contribution in [0.4, 0.5) is 10.3 Å². The Morgan fingerprint density at radius 3 is 2.81 bits per heavy atom. The number of hydrogen-bond donors (Lipinski definition) is 1. The van der Waals surface area contributed by atoms with Crippen molar-refractivity contribution in [1.29, 1.82) is 0 Å². The van der Waals surface area contributed by atoms with E-state index in [4.69, 9.17) is 0 Å². The van der Waals surface area contributed by atoms with E-state index in [-0.39, 0.29) is 17.9 Å². The number of piperidine rings is 1. The molecule has 3 aromatic rings. The van der Waals surface area contributed by atoms with Crippen LogP contribution in [0.25, 0.3) is 10.2 Å². The molecule has 1 N–H and O–H groups in total. The molecule has 6 nitrogen and oxygen atoms in total. The molecule has 4 rings (SSSR count). The molecule has 1 fully saturated rings. The molecule has 0 bridgehead atoms. The first-order valence-corrected chi connectivity index (χ1v) is 9.61. The van der Waals surface area contributed by atoms with Crippen molar-refractivity contribution in [3.05, 3.63) is 57.4 Å². The second kappa shape index (κ2) is 7.11. The van der Waals surface area contributed by atoms with Crippen LogP contribution >= 0.6 is 11.3 Å². The number of benzene rings is 1. The van der Waals surface area contributed by atoms with E-state index in [2.05, 4.69) is 4.98 Å². The largest absolute Gasteiger partial charge is 0.481 e. The average Bonchev–Trinajstić information content (AvgIpc) is 3.14. The third-order valence-electron chi connectivity index (χ3n) is 4.85. The number of nitrogens with zero attached hydrogens (tertiary/aromatic N) is 3. The fourth-order valence-electron chi connectivity index (χ4n) is 3.45. The second-order valence-corrected chi connectivity index (χ2v) is 7.60. The van der Waals surface area contributed by atoms with E-state index >= 15 is 0 Å². The zero-order valence-corrected chi connectivity index (χ0v) is 15.3. The van der Waals surface area contributed by atoms with Crippen LogP contribution in [0.1, 0.15) is 18.4 Å². The summed E-state index contributed by atoms with van der Waals surface area (Å²) in [5, 5.41) is 11.2. The molecule has 140 valence electrons. The van der Waals surface area contributed by atoms with E-state index in [1.807, 2.05) is 10.3 Å². The van der Waals surface area contributed by atoms with Crippen LogP contribution in [-0.2, 0) is 11.3 Å². The van der Waals surface area contributed by atoms with Crippen LogP contribution in [0.2, 0.25) is 0 Å². The highest BCUT2D eigenvalue weighted by molar-refractivity contribution is 7.17. The molecule has 2 aromatic heterocycles. The minimum Gasteiger partial charge on any atom is -0.481 e. The third kappa shape index (κ3) is 3.44. The first-order valence-electron chi connectivity index (χ1n) is 8.73. The summed E-state index contributed by atoms with van der Waals surface area (Å²) in [5.41, 5.74) is 1.24. The summed E-state index contributed by atoms with van der Waals surface area (Å²) in [4.78, 5) is 31.0. The van der Waals surface area contributed by atoms with Gasteiger partial charge in [-0.1, -0.05) is 12.1 Å². The number of carboxylic acid groups (broad SMARTS) is 1. The predicted octanol–water partition coefficient (Wildman–Crippen LogP) is 2.95. The van der Waals surface area contributed by atoms with Gasteiger partial charge in [0.1, 0.15) is 10.5 Å². The van der Waals surface area contributed by atoms with Gasteiger partial charge in [-0.15, -0.1) is 11.3 Å². The number of anilines is 1. The van der Waals surface area contributed by atoms with Crippen molar-refractivity contribution in [1.82, 2.24) is 9.55 Å². The number of halogens is 1. The van der Waals surface area contributed by atoms with E-state index in [1.54, 1.807) is 22.8 Å². The molecule has 0 aliphatic carbocycles. The fraction of sp³-hybridized carbons (Fsp3) is 0.316. The quantitative estimate of drug-likeness (QED) is 0.745. The summed E-state index contributed by atoms with van der Waals surface area (Å²) in [6.07, 6.45) is 1.35. The van der Waals surface area contributed by atoms with Gasteiger partial charge in [0, 0.05) is 13.1 Å². The summed E-state index contributed by atoms with van der Waals surface area (Å²) >= 11 is 1.33. The molecule has 1 aliphatic heterocycles. The molecular formula is C19H18FN3O3S. The molecule has 8 heteroatoms. The van der Waals surface area contributed by atoms with E-state index < -0.39 is 11.9 Å². The Kier molecular flexibility index (Phi) is 4.65. The number of carboxylic acids is 1. The van der Waals surface area contributed by atoms with Crippen LogP contribution in [0.5, 0.6) is 0 Å². The van der Waals surface area contributed by atoms with Crippen molar-refractivity contribution in [2.45, 2.75) is 19.4 Å². The lowest BCUT2D eigenvalue weighted by atomic mass is 9.99. The molecule has 1 saturated heterocycles. The molecule has 0 spiro atoms. The third-order valence-corrected chi connectivity index (χ3v) is 5.74. The highest BCUT2D eigenvalue weighted by Crippen LogP contribution is 2.25. The first kappa shape index (κ1) is 17.7. The van der Waals surface area contributed by atoms with Gasteiger partial charge >= 0.3 is 5.97 Å². The lowest BCUT2D eigenvalue weighted by molar-refractivity contribution is -0.141. The molecule has 27 heavy (non-hydrogen) atoms.